The number of carboxylic acid groups (broad SMARTS) is 1. The Bertz CT molecular complexity index is 286. The summed E-state index contributed by atoms with van der Waals surface area (Å²) in [4.78, 5) is 10.2. The molecular weight excluding hydrogens is 218 g/mol. The molecule has 1 atom stereocenters. The van der Waals surface area contributed by atoms with Crippen LogP contribution in [0.2, 0.25) is 0 Å². The van der Waals surface area contributed by atoms with Crippen molar-refractivity contribution in [3.8, 4) is 0 Å². The van der Waals surface area contributed by atoms with E-state index in [2.05, 4.69) is 5.32 Å². The van der Waals surface area contributed by atoms with E-state index in [1.165, 1.54) is 0 Å². The highest BCUT2D eigenvalue weighted by Crippen LogP contribution is 1.95. The Morgan fingerprint density at radius 3 is 2.53 bits per heavy atom. The molecule has 0 radical (unpaired) electrons. The molecule has 0 spiro atoms. The molecule has 0 aliphatic rings. The molecule has 2 N–H and O–H groups in total. The van der Waals surface area contributed by atoms with Crippen LogP contribution in [-0.2, 0) is 14.6 Å². The van der Waals surface area contributed by atoms with Gasteiger partial charge in [0.2, 0.25) is 0 Å². The molecule has 0 aliphatic heterocycles. The van der Waals surface area contributed by atoms with Crippen molar-refractivity contribution < 1.29 is 18.3 Å². The van der Waals surface area contributed by atoms with Crippen LogP contribution in [0.15, 0.2) is 0 Å². The van der Waals surface area contributed by atoms with Gasteiger partial charge in [0.05, 0.1) is 5.75 Å². The first-order valence-electron chi connectivity index (χ1n) is 5.03. The second-order valence-corrected chi connectivity index (χ2v) is 5.95. The minimum atomic E-state index is -2.95. The minimum Gasteiger partial charge on any atom is -0.481 e. The van der Waals surface area contributed by atoms with E-state index >= 15 is 0 Å². The van der Waals surface area contributed by atoms with Crippen molar-refractivity contribution in [1.82, 2.24) is 5.32 Å². The van der Waals surface area contributed by atoms with Crippen LogP contribution in [0.4, 0.5) is 0 Å². The SMILES string of the molecule is CCS(=O)(=O)CC(C)NCCCC(=O)O. The Morgan fingerprint density at radius 2 is 2.07 bits per heavy atom. The van der Waals surface area contributed by atoms with Crippen LogP contribution in [0.5, 0.6) is 0 Å². The molecule has 0 saturated carbocycles. The Hall–Kier alpha value is -0.620. The first kappa shape index (κ1) is 14.4. The van der Waals surface area contributed by atoms with Gasteiger partial charge in [-0.3, -0.25) is 4.79 Å². The number of aliphatic carboxylic acids is 1. The molecule has 0 rings (SSSR count). The number of carbonyl (C=O) groups is 1. The summed E-state index contributed by atoms with van der Waals surface area (Å²) in [6.07, 6.45) is 0.631. The van der Waals surface area contributed by atoms with Crippen LogP contribution in [0.25, 0.3) is 0 Å². The summed E-state index contributed by atoms with van der Waals surface area (Å²) >= 11 is 0. The molecule has 0 bridgehead atoms. The smallest absolute Gasteiger partial charge is 0.303 e. The third kappa shape index (κ3) is 8.38. The van der Waals surface area contributed by atoms with Crippen LogP contribution in [0.1, 0.15) is 26.7 Å². The van der Waals surface area contributed by atoms with E-state index in [4.69, 9.17) is 5.11 Å². The summed E-state index contributed by atoms with van der Waals surface area (Å²) in [5.41, 5.74) is 0. The highest BCUT2D eigenvalue weighted by atomic mass is 32.2. The maximum Gasteiger partial charge on any atom is 0.303 e. The summed E-state index contributed by atoms with van der Waals surface area (Å²) in [5.74, 6) is -0.573. The molecule has 0 saturated heterocycles. The van der Waals surface area contributed by atoms with Crippen LogP contribution in [0, 0.1) is 0 Å². The predicted molar refractivity (Wildman–Crippen MR) is 58.7 cm³/mol. The molecule has 0 fully saturated rings. The fourth-order valence-corrected chi connectivity index (χ4v) is 2.26. The monoisotopic (exact) mass is 237 g/mol. The Morgan fingerprint density at radius 1 is 1.47 bits per heavy atom. The van der Waals surface area contributed by atoms with E-state index in [9.17, 15) is 13.2 Å². The lowest BCUT2D eigenvalue weighted by atomic mass is 10.3. The van der Waals surface area contributed by atoms with Gasteiger partial charge >= 0.3 is 5.97 Å². The molecule has 0 aromatic rings. The molecule has 5 nitrogen and oxygen atoms in total. The first-order chi connectivity index (χ1) is 6.87. The van der Waals surface area contributed by atoms with E-state index in [-0.39, 0.29) is 24.0 Å². The lowest BCUT2D eigenvalue weighted by Gasteiger charge is -2.12. The van der Waals surface area contributed by atoms with Crippen molar-refractivity contribution >= 4 is 15.8 Å². The predicted octanol–water partition coefficient (Wildman–Crippen LogP) is 0.264. The summed E-state index contributed by atoms with van der Waals surface area (Å²) in [5, 5.41) is 11.4. The van der Waals surface area contributed by atoms with Gasteiger partial charge < -0.3 is 10.4 Å². The van der Waals surface area contributed by atoms with E-state index in [1.54, 1.807) is 13.8 Å². The van der Waals surface area contributed by atoms with Crippen molar-refractivity contribution in [1.29, 1.82) is 0 Å². The average Bonchev–Trinajstić information content (AvgIpc) is 2.11. The van der Waals surface area contributed by atoms with Gasteiger partial charge in [0.25, 0.3) is 0 Å². The maximum atomic E-state index is 11.2. The number of carboxylic acids is 1. The number of nitrogens with one attached hydrogen (secondary N) is 1. The van der Waals surface area contributed by atoms with Crippen molar-refractivity contribution in [2.24, 2.45) is 0 Å². The zero-order chi connectivity index (χ0) is 11.9. The molecule has 15 heavy (non-hydrogen) atoms. The molecule has 1 unspecified atom stereocenters. The Kier molecular flexibility index (Phi) is 6.51. The lowest BCUT2D eigenvalue weighted by molar-refractivity contribution is -0.137. The minimum absolute atomic E-state index is 0.108. The second kappa shape index (κ2) is 6.79. The third-order valence-electron chi connectivity index (χ3n) is 2.00. The first-order valence-corrected chi connectivity index (χ1v) is 6.85. The molecule has 0 aromatic heterocycles. The zero-order valence-electron chi connectivity index (χ0n) is 9.19. The highest BCUT2D eigenvalue weighted by Gasteiger charge is 2.12. The van der Waals surface area contributed by atoms with Gasteiger partial charge in [0.1, 0.15) is 0 Å². The quantitative estimate of drug-likeness (QED) is 0.592. The average molecular weight is 237 g/mol. The number of hydrogen-bond donors (Lipinski definition) is 2. The van der Waals surface area contributed by atoms with Crippen molar-refractivity contribution in [3.05, 3.63) is 0 Å². The van der Waals surface area contributed by atoms with Gasteiger partial charge in [-0.25, -0.2) is 8.42 Å². The van der Waals surface area contributed by atoms with E-state index in [0.717, 1.165) is 0 Å². The van der Waals surface area contributed by atoms with Crippen molar-refractivity contribution in [2.45, 2.75) is 32.7 Å². The number of hydrogen-bond acceptors (Lipinski definition) is 4. The van der Waals surface area contributed by atoms with Crippen LogP contribution in [0.3, 0.4) is 0 Å². The summed E-state index contributed by atoms with van der Waals surface area (Å²) in [7, 11) is -2.95. The van der Waals surface area contributed by atoms with E-state index < -0.39 is 15.8 Å². The molecular formula is C9H19NO4S. The number of sulfone groups is 1. The lowest BCUT2D eigenvalue weighted by Crippen LogP contribution is -2.34. The van der Waals surface area contributed by atoms with Gasteiger partial charge in [-0.15, -0.1) is 0 Å². The largest absolute Gasteiger partial charge is 0.481 e. The van der Waals surface area contributed by atoms with Gasteiger partial charge in [-0.05, 0) is 19.9 Å². The molecule has 90 valence electrons. The number of rotatable bonds is 8. The van der Waals surface area contributed by atoms with E-state index in [1.807, 2.05) is 0 Å². The van der Waals surface area contributed by atoms with Crippen LogP contribution >= 0.6 is 0 Å². The van der Waals surface area contributed by atoms with E-state index in [0.29, 0.717) is 13.0 Å². The fourth-order valence-electron chi connectivity index (χ4n) is 1.15. The summed E-state index contributed by atoms with van der Waals surface area (Å²) in [6, 6.07) is -0.122. The van der Waals surface area contributed by atoms with Crippen LogP contribution < -0.4 is 5.32 Å². The maximum absolute atomic E-state index is 11.2. The normalized spacial score (nSPS) is 13.7. The molecule has 0 amide bonds. The van der Waals surface area contributed by atoms with Gasteiger partial charge in [0, 0.05) is 18.2 Å². The summed E-state index contributed by atoms with van der Waals surface area (Å²) < 4.78 is 22.4. The standard InChI is InChI=1S/C9H19NO4S/c1-3-15(13,14)7-8(2)10-6-4-5-9(11)12/h8,10H,3-7H2,1-2H3,(H,11,12). The molecule has 0 aromatic carbocycles. The van der Waals surface area contributed by atoms with Gasteiger partial charge in [-0.1, -0.05) is 6.92 Å². The Labute approximate surface area is 90.8 Å². The Balaban J connectivity index is 3.67. The third-order valence-corrected chi connectivity index (χ3v) is 3.89. The molecule has 0 heterocycles. The summed E-state index contributed by atoms with van der Waals surface area (Å²) in [6.45, 7) is 3.94. The van der Waals surface area contributed by atoms with Crippen molar-refractivity contribution in [3.63, 3.8) is 0 Å². The van der Waals surface area contributed by atoms with Crippen molar-refractivity contribution in [2.75, 3.05) is 18.1 Å². The fraction of sp³-hybridized carbons (Fsp3) is 0.889. The second-order valence-electron chi connectivity index (χ2n) is 3.55. The highest BCUT2D eigenvalue weighted by molar-refractivity contribution is 7.91. The van der Waals surface area contributed by atoms with Gasteiger partial charge in [-0.2, -0.15) is 0 Å². The van der Waals surface area contributed by atoms with Crippen LogP contribution in [-0.4, -0.2) is 43.6 Å². The topological polar surface area (TPSA) is 83.5 Å². The zero-order valence-corrected chi connectivity index (χ0v) is 10.0. The molecule has 0 aliphatic carbocycles. The van der Waals surface area contributed by atoms with Gasteiger partial charge in [0.15, 0.2) is 9.84 Å². The molecule has 6 heteroatoms.